The molecule has 25 heavy (non-hydrogen) atoms. The molecule has 0 saturated carbocycles. The normalized spacial score (nSPS) is 13.8. The predicted octanol–water partition coefficient (Wildman–Crippen LogP) is 2.89. The van der Waals surface area contributed by atoms with Gasteiger partial charge in [0, 0.05) is 28.5 Å². The number of fused-ring (bicyclic) bond motifs is 1. The van der Waals surface area contributed by atoms with E-state index in [9.17, 15) is 9.59 Å². The van der Waals surface area contributed by atoms with Gasteiger partial charge in [0.1, 0.15) is 0 Å². The van der Waals surface area contributed by atoms with Crippen molar-refractivity contribution in [3.63, 3.8) is 0 Å². The van der Waals surface area contributed by atoms with Crippen molar-refractivity contribution in [2.75, 3.05) is 30.9 Å². The molecule has 0 unspecified atom stereocenters. The van der Waals surface area contributed by atoms with E-state index in [4.69, 9.17) is 26.8 Å². The molecular formula is C18H17ClN2O4. The topological polar surface area (TPSA) is 81.9 Å². The lowest BCUT2D eigenvalue weighted by molar-refractivity contribution is 0.0597. The molecule has 0 saturated heterocycles. The van der Waals surface area contributed by atoms with Crippen LogP contribution in [-0.4, -0.2) is 32.1 Å². The van der Waals surface area contributed by atoms with Crippen molar-refractivity contribution in [1.82, 2.24) is 0 Å². The summed E-state index contributed by atoms with van der Waals surface area (Å²) in [5.74, 6) is -0.937. The summed E-state index contributed by atoms with van der Waals surface area (Å²) in [6.45, 7) is 1.10. The molecule has 2 N–H and O–H groups in total. The number of nitrogen functional groups attached to an aromatic ring is 1. The number of methoxy groups -OCH3 is 1. The number of rotatable bonds is 2. The number of hydrogen-bond donors (Lipinski definition) is 1. The fourth-order valence-corrected chi connectivity index (χ4v) is 2.97. The first-order chi connectivity index (χ1) is 12.0. The fourth-order valence-electron chi connectivity index (χ4n) is 2.77. The van der Waals surface area contributed by atoms with Crippen molar-refractivity contribution >= 4 is 34.9 Å². The molecule has 1 heterocycles. The van der Waals surface area contributed by atoms with Crippen molar-refractivity contribution < 1.29 is 19.1 Å². The van der Waals surface area contributed by atoms with Gasteiger partial charge in [0.15, 0.2) is 0 Å². The summed E-state index contributed by atoms with van der Waals surface area (Å²) < 4.78 is 10.3. The summed E-state index contributed by atoms with van der Waals surface area (Å²) >= 11 is 6.04. The highest BCUT2D eigenvalue weighted by atomic mass is 35.5. The molecule has 0 aliphatic carbocycles. The first-order valence-corrected chi connectivity index (χ1v) is 8.05. The largest absolute Gasteiger partial charge is 0.465 e. The van der Waals surface area contributed by atoms with Gasteiger partial charge in [0.2, 0.25) is 0 Å². The number of nitrogens with zero attached hydrogens (tertiary/aromatic N) is 1. The minimum Gasteiger partial charge on any atom is -0.465 e. The highest BCUT2D eigenvalue weighted by molar-refractivity contribution is 6.30. The summed E-state index contributed by atoms with van der Waals surface area (Å²) in [4.78, 5) is 26.8. The Morgan fingerprint density at radius 1 is 1.20 bits per heavy atom. The van der Waals surface area contributed by atoms with Gasteiger partial charge in [-0.2, -0.15) is 0 Å². The monoisotopic (exact) mass is 360 g/mol. The smallest absolute Gasteiger partial charge is 0.338 e. The molecule has 0 atom stereocenters. The lowest BCUT2D eigenvalue weighted by Gasteiger charge is -2.23. The molecule has 1 aliphatic heterocycles. The van der Waals surface area contributed by atoms with E-state index < -0.39 is 5.97 Å². The first-order valence-electron chi connectivity index (χ1n) is 7.67. The van der Waals surface area contributed by atoms with Crippen molar-refractivity contribution in [3.05, 3.63) is 58.1 Å². The van der Waals surface area contributed by atoms with Crippen molar-refractivity contribution in [1.29, 1.82) is 0 Å². The number of halogens is 1. The molecule has 1 aliphatic rings. The number of esters is 1. The maximum absolute atomic E-state index is 13.1. The van der Waals surface area contributed by atoms with Crippen LogP contribution < -0.4 is 10.6 Å². The number of carbonyl (C=O) groups is 2. The zero-order chi connectivity index (χ0) is 18.0. The van der Waals surface area contributed by atoms with Gasteiger partial charge in [0.25, 0.3) is 5.91 Å². The maximum Gasteiger partial charge on any atom is 0.338 e. The zero-order valence-corrected chi connectivity index (χ0v) is 14.4. The molecule has 0 fully saturated rings. The number of benzene rings is 2. The Morgan fingerprint density at radius 3 is 2.76 bits per heavy atom. The van der Waals surface area contributed by atoms with E-state index in [2.05, 4.69) is 0 Å². The highest BCUT2D eigenvalue weighted by Crippen LogP contribution is 2.29. The molecular weight excluding hydrogens is 344 g/mol. The standard InChI is InChI=1S/C18H17ClN2O4/c1-24-18(23)15-9-13(20)3-4-14(15)17(22)21-6-7-25-10-11-8-12(19)2-5-16(11)21/h2-5,8-9H,6-7,10,20H2,1H3. The van der Waals surface area contributed by atoms with Gasteiger partial charge in [-0.05, 0) is 36.4 Å². The second-order valence-electron chi connectivity index (χ2n) is 5.58. The number of anilines is 2. The first kappa shape index (κ1) is 17.3. The SMILES string of the molecule is COC(=O)c1cc(N)ccc1C(=O)N1CCOCc2cc(Cl)ccc21. The van der Waals surface area contributed by atoms with E-state index in [1.165, 1.54) is 19.2 Å². The van der Waals surface area contributed by atoms with E-state index in [1.54, 1.807) is 29.2 Å². The molecule has 0 aromatic heterocycles. The van der Waals surface area contributed by atoms with Crippen LogP contribution in [0.4, 0.5) is 11.4 Å². The minimum absolute atomic E-state index is 0.133. The summed E-state index contributed by atoms with van der Waals surface area (Å²) in [6, 6.07) is 9.82. The van der Waals surface area contributed by atoms with Gasteiger partial charge in [-0.15, -0.1) is 0 Å². The number of ether oxygens (including phenoxy) is 2. The van der Waals surface area contributed by atoms with Gasteiger partial charge in [-0.3, -0.25) is 4.79 Å². The van der Waals surface area contributed by atoms with Crippen molar-refractivity contribution in [3.8, 4) is 0 Å². The molecule has 0 radical (unpaired) electrons. The molecule has 3 rings (SSSR count). The molecule has 7 heteroatoms. The Bertz CT molecular complexity index is 838. The van der Waals surface area contributed by atoms with Gasteiger partial charge in [0.05, 0.1) is 31.5 Å². The Labute approximate surface area is 150 Å². The Hall–Kier alpha value is -2.57. The average Bonchev–Trinajstić information content (AvgIpc) is 2.82. The number of hydrogen-bond acceptors (Lipinski definition) is 5. The number of amides is 1. The van der Waals surface area contributed by atoms with Crippen LogP contribution in [0.1, 0.15) is 26.3 Å². The van der Waals surface area contributed by atoms with E-state index in [1.807, 2.05) is 0 Å². The summed E-state index contributed by atoms with van der Waals surface area (Å²) in [7, 11) is 1.26. The molecule has 2 aromatic rings. The third kappa shape index (κ3) is 3.45. The van der Waals surface area contributed by atoms with Gasteiger partial charge < -0.3 is 20.1 Å². The van der Waals surface area contributed by atoms with E-state index in [0.717, 1.165) is 5.56 Å². The van der Waals surface area contributed by atoms with Crippen molar-refractivity contribution in [2.24, 2.45) is 0 Å². The minimum atomic E-state index is -0.613. The van der Waals surface area contributed by atoms with Crippen LogP contribution in [0.2, 0.25) is 5.02 Å². The third-order valence-electron chi connectivity index (χ3n) is 3.97. The average molecular weight is 361 g/mol. The Morgan fingerprint density at radius 2 is 2.00 bits per heavy atom. The van der Waals surface area contributed by atoms with Crippen LogP contribution in [0.5, 0.6) is 0 Å². The van der Waals surface area contributed by atoms with E-state index in [-0.39, 0.29) is 17.0 Å². The third-order valence-corrected chi connectivity index (χ3v) is 4.21. The van der Waals surface area contributed by atoms with Crippen molar-refractivity contribution in [2.45, 2.75) is 6.61 Å². The predicted molar refractivity (Wildman–Crippen MR) is 95.0 cm³/mol. The molecule has 0 spiro atoms. The van der Waals surface area contributed by atoms with Crippen LogP contribution in [0, 0.1) is 0 Å². The van der Waals surface area contributed by atoms with E-state index >= 15 is 0 Å². The summed E-state index contributed by atoms with van der Waals surface area (Å²) in [5.41, 5.74) is 8.01. The highest BCUT2D eigenvalue weighted by Gasteiger charge is 2.26. The quantitative estimate of drug-likeness (QED) is 0.657. The van der Waals surface area contributed by atoms with Crippen LogP contribution in [-0.2, 0) is 16.1 Å². The summed E-state index contributed by atoms with van der Waals surface area (Å²) in [5, 5.41) is 0.569. The summed E-state index contributed by atoms with van der Waals surface area (Å²) in [6.07, 6.45) is 0. The molecule has 130 valence electrons. The van der Waals surface area contributed by atoms with Gasteiger partial charge >= 0.3 is 5.97 Å². The fraction of sp³-hybridized carbons (Fsp3) is 0.222. The van der Waals surface area contributed by atoms with Crippen LogP contribution in [0.3, 0.4) is 0 Å². The number of carbonyl (C=O) groups excluding carboxylic acids is 2. The molecule has 2 aromatic carbocycles. The Kier molecular flexibility index (Phi) is 4.92. The van der Waals surface area contributed by atoms with Gasteiger partial charge in [-0.25, -0.2) is 4.79 Å². The lowest BCUT2D eigenvalue weighted by atomic mass is 10.0. The van der Waals surface area contributed by atoms with Crippen LogP contribution >= 0.6 is 11.6 Å². The Balaban J connectivity index is 2.06. The second kappa shape index (κ2) is 7.13. The molecule has 6 nitrogen and oxygen atoms in total. The zero-order valence-electron chi connectivity index (χ0n) is 13.6. The van der Waals surface area contributed by atoms with Gasteiger partial charge in [-0.1, -0.05) is 11.6 Å². The maximum atomic E-state index is 13.1. The van der Waals surface area contributed by atoms with E-state index in [0.29, 0.717) is 36.2 Å². The van der Waals surface area contributed by atoms with Crippen LogP contribution in [0.15, 0.2) is 36.4 Å². The second-order valence-corrected chi connectivity index (χ2v) is 6.02. The number of nitrogens with two attached hydrogens (primary N) is 1. The molecule has 0 bridgehead atoms. The molecule has 1 amide bonds. The van der Waals surface area contributed by atoms with Crippen LogP contribution in [0.25, 0.3) is 0 Å². The lowest BCUT2D eigenvalue weighted by Crippen LogP contribution is -2.34.